The molecule has 2 amide bonds. The van der Waals surface area contributed by atoms with Crippen LogP contribution in [0.3, 0.4) is 0 Å². The van der Waals surface area contributed by atoms with E-state index in [0.29, 0.717) is 30.8 Å². The Morgan fingerprint density at radius 1 is 1.16 bits per heavy atom. The second-order valence-electron chi connectivity index (χ2n) is 10.5. The molecule has 3 aromatic rings. The lowest BCUT2D eigenvalue weighted by molar-refractivity contribution is 0.0498. The standard InChI is InChI=1S/C25H31Cl2FN4O4S2/c1-24(2,3)35-22(33)30-14(7-8-28)11-16-19(27)20-21(38-16)15(12-17(26)31-20)32(13-18-29-9-10-37-18)23(34)36-25(4,5)6/h9-10,12,14H,7-8,11,13H2,1-6H3,(H,30,33)/t14-/m0/s1. The number of carbonyl (C=O) groups is 2. The zero-order chi connectivity index (χ0) is 28.3. The minimum atomic E-state index is -0.737. The molecule has 0 aliphatic heterocycles. The van der Waals surface area contributed by atoms with Gasteiger partial charge in [-0.25, -0.2) is 19.6 Å². The van der Waals surface area contributed by atoms with Gasteiger partial charge in [0.25, 0.3) is 0 Å². The Morgan fingerprint density at radius 2 is 1.84 bits per heavy atom. The molecule has 0 aliphatic carbocycles. The first-order valence-electron chi connectivity index (χ1n) is 11.9. The fourth-order valence-corrected chi connectivity index (χ4v) is 5.87. The van der Waals surface area contributed by atoms with Crippen molar-refractivity contribution in [1.29, 1.82) is 0 Å². The summed E-state index contributed by atoms with van der Waals surface area (Å²) >= 11 is 15.8. The van der Waals surface area contributed by atoms with Crippen molar-refractivity contribution < 1.29 is 23.5 Å². The second-order valence-corrected chi connectivity index (χ2v) is 13.3. The quantitative estimate of drug-likeness (QED) is 0.264. The molecule has 0 saturated heterocycles. The van der Waals surface area contributed by atoms with Gasteiger partial charge in [-0.2, -0.15) is 0 Å². The van der Waals surface area contributed by atoms with Gasteiger partial charge in [0.15, 0.2) is 0 Å². The summed E-state index contributed by atoms with van der Waals surface area (Å²) in [6.07, 6.45) is 0.738. The number of aromatic nitrogens is 2. The summed E-state index contributed by atoms with van der Waals surface area (Å²) in [4.78, 5) is 36.5. The van der Waals surface area contributed by atoms with Gasteiger partial charge < -0.3 is 14.8 Å². The monoisotopic (exact) mass is 604 g/mol. The number of anilines is 1. The van der Waals surface area contributed by atoms with Gasteiger partial charge >= 0.3 is 12.2 Å². The Balaban J connectivity index is 2.01. The van der Waals surface area contributed by atoms with Crippen molar-refractivity contribution in [3.8, 4) is 0 Å². The first-order valence-corrected chi connectivity index (χ1v) is 14.3. The Bertz CT molecular complexity index is 1270. The number of ether oxygens (including phenoxy) is 2. The molecule has 8 nitrogen and oxygen atoms in total. The highest BCUT2D eigenvalue weighted by atomic mass is 35.5. The van der Waals surface area contributed by atoms with E-state index >= 15 is 0 Å². The molecule has 0 saturated carbocycles. The fraction of sp³-hybridized carbons (Fsp3) is 0.520. The van der Waals surface area contributed by atoms with E-state index in [0.717, 1.165) is 0 Å². The van der Waals surface area contributed by atoms with Crippen LogP contribution < -0.4 is 10.2 Å². The van der Waals surface area contributed by atoms with Crippen LogP contribution in [0.1, 0.15) is 57.8 Å². The number of pyridine rings is 1. The molecule has 208 valence electrons. The summed E-state index contributed by atoms with van der Waals surface area (Å²) < 4.78 is 25.0. The average molecular weight is 606 g/mol. The Kier molecular flexibility index (Phi) is 9.83. The van der Waals surface area contributed by atoms with Crippen molar-refractivity contribution in [2.75, 3.05) is 11.6 Å². The van der Waals surface area contributed by atoms with Crippen LogP contribution in [0.15, 0.2) is 17.6 Å². The summed E-state index contributed by atoms with van der Waals surface area (Å²) in [6.45, 7) is 10.1. The normalized spacial score (nSPS) is 12.9. The molecular formula is C25H31Cl2FN4O4S2. The number of thiophene rings is 1. The van der Waals surface area contributed by atoms with Crippen LogP contribution in [0.5, 0.6) is 0 Å². The predicted molar refractivity (Wildman–Crippen MR) is 152 cm³/mol. The van der Waals surface area contributed by atoms with Crippen LogP contribution in [0.2, 0.25) is 10.2 Å². The molecular weight excluding hydrogens is 574 g/mol. The van der Waals surface area contributed by atoms with Gasteiger partial charge in [-0.05, 0) is 48.0 Å². The van der Waals surface area contributed by atoms with Gasteiger partial charge in [-0.1, -0.05) is 23.2 Å². The van der Waals surface area contributed by atoms with Crippen molar-refractivity contribution in [2.24, 2.45) is 0 Å². The number of hydrogen-bond acceptors (Lipinski definition) is 8. The van der Waals surface area contributed by atoms with Gasteiger partial charge in [0.05, 0.1) is 28.6 Å². The minimum Gasteiger partial charge on any atom is -0.444 e. The van der Waals surface area contributed by atoms with Crippen molar-refractivity contribution in [1.82, 2.24) is 15.3 Å². The number of nitrogens with zero attached hydrogens (tertiary/aromatic N) is 3. The number of amides is 2. The van der Waals surface area contributed by atoms with E-state index in [1.54, 1.807) is 53.8 Å². The Labute approximate surface area is 239 Å². The second kappa shape index (κ2) is 12.3. The van der Waals surface area contributed by atoms with Crippen LogP contribution >= 0.6 is 45.9 Å². The van der Waals surface area contributed by atoms with Gasteiger partial charge in [-0.3, -0.25) is 9.29 Å². The number of rotatable bonds is 8. The number of carbonyl (C=O) groups excluding carboxylic acids is 2. The molecule has 3 rings (SSSR count). The third-order valence-electron chi connectivity index (χ3n) is 4.89. The predicted octanol–water partition coefficient (Wildman–Crippen LogP) is 7.80. The average Bonchev–Trinajstić information content (AvgIpc) is 3.38. The summed E-state index contributed by atoms with van der Waals surface area (Å²) in [7, 11) is 0. The third kappa shape index (κ3) is 8.39. The van der Waals surface area contributed by atoms with Crippen LogP contribution in [0.25, 0.3) is 10.2 Å². The lowest BCUT2D eigenvalue weighted by Gasteiger charge is -2.27. The molecule has 0 aromatic carbocycles. The number of thiazole rings is 1. The minimum absolute atomic E-state index is 0.0684. The molecule has 0 fully saturated rings. The number of nitrogens with one attached hydrogen (secondary N) is 1. The van der Waals surface area contributed by atoms with E-state index in [2.05, 4.69) is 15.3 Å². The molecule has 1 N–H and O–H groups in total. The largest absolute Gasteiger partial charge is 0.444 e. The van der Waals surface area contributed by atoms with Crippen LogP contribution in [-0.4, -0.2) is 46.1 Å². The van der Waals surface area contributed by atoms with Crippen molar-refractivity contribution in [3.63, 3.8) is 0 Å². The maximum absolute atomic E-state index is 13.4. The van der Waals surface area contributed by atoms with E-state index in [-0.39, 0.29) is 24.5 Å². The first kappa shape index (κ1) is 30.3. The maximum Gasteiger partial charge on any atom is 0.415 e. The van der Waals surface area contributed by atoms with E-state index in [9.17, 15) is 14.0 Å². The third-order valence-corrected chi connectivity index (χ3v) is 7.59. The summed E-state index contributed by atoms with van der Waals surface area (Å²) in [5.74, 6) is 0. The zero-order valence-electron chi connectivity index (χ0n) is 22.1. The van der Waals surface area contributed by atoms with E-state index in [4.69, 9.17) is 32.7 Å². The molecule has 0 bridgehead atoms. The highest BCUT2D eigenvalue weighted by molar-refractivity contribution is 7.20. The fourth-order valence-electron chi connectivity index (χ4n) is 3.46. The molecule has 3 aromatic heterocycles. The molecule has 0 spiro atoms. The number of hydrogen-bond donors (Lipinski definition) is 1. The van der Waals surface area contributed by atoms with Crippen LogP contribution in [0, 0.1) is 0 Å². The van der Waals surface area contributed by atoms with Gasteiger partial charge in [0.2, 0.25) is 0 Å². The van der Waals surface area contributed by atoms with Crippen molar-refractivity contribution in [2.45, 2.75) is 78.2 Å². The van der Waals surface area contributed by atoms with Crippen molar-refractivity contribution in [3.05, 3.63) is 37.7 Å². The number of halogens is 3. The highest BCUT2D eigenvalue weighted by Crippen LogP contribution is 2.42. The number of alkyl carbamates (subject to hydrolysis) is 1. The van der Waals surface area contributed by atoms with Gasteiger partial charge in [0, 0.05) is 35.0 Å². The van der Waals surface area contributed by atoms with Crippen LogP contribution in [-0.2, 0) is 22.4 Å². The zero-order valence-corrected chi connectivity index (χ0v) is 25.2. The van der Waals surface area contributed by atoms with Crippen LogP contribution in [0.4, 0.5) is 19.7 Å². The van der Waals surface area contributed by atoms with Gasteiger partial charge in [-0.15, -0.1) is 22.7 Å². The molecule has 0 unspecified atom stereocenters. The molecule has 0 aliphatic rings. The molecule has 1 atom stereocenters. The summed E-state index contributed by atoms with van der Waals surface area (Å²) in [5.41, 5.74) is -0.570. The SMILES string of the molecule is CC(C)(C)OC(=O)N[C@@H](CCF)Cc1sc2c(N(Cc3nccs3)C(=O)OC(C)(C)C)cc(Cl)nc2c1Cl. The first-order chi connectivity index (χ1) is 17.7. The van der Waals surface area contributed by atoms with E-state index < -0.39 is 36.1 Å². The lowest BCUT2D eigenvalue weighted by atomic mass is 10.1. The molecule has 13 heteroatoms. The Morgan fingerprint density at radius 3 is 2.42 bits per heavy atom. The molecule has 38 heavy (non-hydrogen) atoms. The topological polar surface area (TPSA) is 93.7 Å². The smallest absolute Gasteiger partial charge is 0.415 e. The number of fused-ring (bicyclic) bond motifs is 1. The molecule has 0 radical (unpaired) electrons. The maximum atomic E-state index is 13.4. The lowest BCUT2D eigenvalue weighted by Crippen LogP contribution is -2.40. The Hall–Kier alpha value is -2.21. The van der Waals surface area contributed by atoms with E-state index in [1.165, 1.54) is 27.6 Å². The highest BCUT2D eigenvalue weighted by Gasteiger charge is 2.29. The van der Waals surface area contributed by atoms with Gasteiger partial charge in [0.1, 0.15) is 26.9 Å². The van der Waals surface area contributed by atoms with Crippen molar-refractivity contribution >= 4 is 74.0 Å². The summed E-state index contributed by atoms with van der Waals surface area (Å²) in [5, 5.41) is 5.70. The molecule has 3 heterocycles. The van der Waals surface area contributed by atoms with E-state index in [1.807, 2.05) is 5.38 Å². The summed E-state index contributed by atoms with van der Waals surface area (Å²) in [6, 6.07) is 1.01. The number of alkyl halides is 1.